The molecular formula is C20H20O14. The highest BCUT2D eigenvalue weighted by Gasteiger charge is 2.46. The van der Waals surface area contributed by atoms with Gasteiger partial charge in [0.2, 0.25) is 12.0 Å². The highest BCUT2D eigenvalue weighted by molar-refractivity contribution is 5.91. The van der Waals surface area contributed by atoms with Crippen LogP contribution in [0.15, 0.2) is 24.3 Å². The Morgan fingerprint density at radius 1 is 0.794 bits per heavy atom. The number of esters is 1. The standard InChI is InChI=1S/C20H20O14/c21-8-2-7(3-9(22)13(8)24)19(31)32-5-12-15(26)16(27)17(28)20(34-12)33-11-4-6(18(29)30)1-10(23)14(11)25/h1-4,12,15-17,20-28H,5H2,(H,29,30)/t12-,15-,16+,17-,20-/m1/s1. The summed E-state index contributed by atoms with van der Waals surface area (Å²) in [5.74, 6) is -7.45. The molecule has 5 atom stereocenters. The normalized spacial score (nSPS) is 24.4. The summed E-state index contributed by atoms with van der Waals surface area (Å²) < 4.78 is 15.4. The molecule has 1 saturated heterocycles. The molecule has 0 aliphatic carbocycles. The molecule has 0 aromatic heterocycles. The van der Waals surface area contributed by atoms with Gasteiger partial charge in [-0.2, -0.15) is 0 Å². The van der Waals surface area contributed by atoms with Gasteiger partial charge in [-0.25, -0.2) is 9.59 Å². The molecule has 2 aromatic carbocycles. The van der Waals surface area contributed by atoms with Gasteiger partial charge in [-0.15, -0.1) is 0 Å². The molecule has 0 radical (unpaired) electrons. The molecule has 14 heteroatoms. The van der Waals surface area contributed by atoms with Crippen molar-refractivity contribution < 1.29 is 69.8 Å². The number of hydrogen-bond acceptors (Lipinski definition) is 13. The zero-order valence-corrected chi connectivity index (χ0v) is 17.0. The zero-order valence-electron chi connectivity index (χ0n) is 17.0. The van der Waals surface area contributed by atoms with E-state index < -0.39 is 89.3 Å². The predicted molar refractivity (Wildman–Crippen MR) is 106 cm³/mol. The molecule has 0 spiro atoms. The average Bonchev–Trinajstić information content (AvgIpc) is 2.78. The van der Waals surface area contributed by atoms with Gasteiger partial charge in [0.25, 0.3) is 0 Å². The molecule has 1 heterocycles. The number of carboxylic acid groups (broad SMARTS) is 1. The van der Waals surface area contributed by atoms with Crippen LogP contribution in [0.3, 0.4) is 0 Å². The van der Waals surface area contributed by atoms with Gasteiger partial charge in [0.15, 0.2) is 28.7 Å². The third-order valence-corrected chi connectivity index (χ3v) is 4.90. The summed E-state index contributed by atoms with van der Waals surface area (Å²) in [6.45, 7) is -0.738. The lowest BCUT2D eigenvalue weighted by atomic mass is 9.99. The van der Waals surface area contributed by atoms with Crippen molar-refractivity contribution in [2.24, 2.45) is 0 Å². The Labute approximate surface area is 189 Å². The van der Waals surface area contributed by atoms with Gasteiger partial charge < -0.3 is 60.2 Å². The van der Waals surface area contributed by atoms with E-state index in [2.05, 4.69) is 0 Å². The van der Waals surface area contributed by atoms with Crippen molar-refractivity contribution in [3.05, 3.63) is 35.4 Å². The molecular weight excluding hydrogens is 464 g/mol. The van der Waals surface area contributed by atoms with Crippen molar-refractivity contribution in [1.29, 1.82) is 0 Å². The van der Waals surface area contributed by atoms with Crippen molar-refractivity contribution >= 4 is 11.9 Å². The number of rotatable bonds is 6. The van der Waals surface area contributed by atoms with Crippen molar-refractivity contribution in [1.82, 2.24) is 0 Å². The maximum Gasteiger partial charge on any atom is 0.338 e. The molecule has 2 aromatic rings. The zero-order chi connectivity index (χ0) is 25.3. The van der Waals surface area contributed by atoms with Gasteiger partial charge >= 0.3 is 11.9 Å². The lowest BCUT2D eigenvalue weighted by molar-refractivity contribution is -0.277. The third-order valence-electron chi connectivity index (χ3n) is 4.90. The van der Waals surface area contributed by atoms with E-state index in [4.69, 9.17) is 19.3 Å². The summed E-state index contributed by atoms with van der Waals surface area (Å²) in [7, 11) is 0. The summed E-state index contributed by atoms with van der Waals surface area (Å²) in [4.78, 5) is 23.3. The van der Waals surface area contributed by atoms with E-state index in [-0.39, 0.29) is 5.56 Å². The first kappa shape index (κ1) is 24.7. The monoisotopic (exact) mass is 484 g/mol. The number of hydrogen-bond donors (Lipinski definition) is 9. The fourth-order valence-corrected chi connectivity index (χ4v) is 3.05. The Morgan fingerprint density at radius 3 is 1.94 bits per heavy atom. The first-order chi connectivity index (χ1) is 15.9. The van der Waals surface area contributed by atoms with Crippen molar-refractivity contribution in [3.8, 4) is 34.5 Å². The number of aliphatic hydroxyl groups excluding tert-OH is 3. The van der Waals surface area contributed by atoms with Crippen LogP contribution in [0.4, 0.5) is 0 Å². The minimum atomic E-state index is -1.91. The lowest BCUT2D eigenvalue weighted by Crippen LogP contribution is -2.60. The van der Waals surface area contributed by atoms with Gasteiger partial charge in [0.05, 0.1) is 11.1 Å². The van der Waals surface area contributed by atoms with E-state index >= 15 is 0 Å². The maximum absolute atomic E-state index is 12.2. The molecule has 0 unspecified atom stereocenters. The molecule has 0 saturated carbocycles. The van der Waals surface area contributed by atoms with E-state index in [9.17, 15) is 50.4 Å². The number of phenols is 5. The SMILES string of the molecule is O=C(O)c1cc(O)c(O)c(O[C@@H]2O[C@H](COC(=O)c3cc(O)c(O)c(O)c3)[C@@H](O)[C@H](O)[C@H]2O)c1. The molecule has 34 heavy (non-hydrogen) atoms. The minimum Gasteiger partial charge on any atom is -0.504 e. The summed E-state index contributed by atoms with van der Waals surface area (Å²) in [6.07, 6.45) is -8.94. The number of aromatic carboxylic acids is 1. The highest BCUT2D eigenvalue weighted by atomic mass is 16.7. The Morgan fingerprint density at radius 2 is 1.35 bits per heavy atom. The number of aromatic hydroxyl groups is 5. The Balaban J connectivity index is 1.75. The van der Waals surface area contributed by atoms with E-state index in [1.54, 1.807) is 0 Å². The van der Waals surface area contributed by atoms with Crippen molar-refractivity contribution in [2.45, 2.75) is 30.7 Å². The molecule has 3 rings (SSSR count). The second kappa shape index (κ2) is 9.48. The van der Waals surface area contributed by atoms with Crippen LogP contribution in [-0.2, 0) is 9.47 Å². The number of carbonyl (C=O) groups is 2. The Bertz CT molecular complexity index is 1080. The van der Waals surface area contributed by atoms with Crippen LogP contribution in [0.25, 0.3) is 0 Å². The molecule has 9 N–H and O–H groups in total. The number of carbonyl (C=O) groups excluding carboxylic acids is 1. The van der Waals surface area contributed by atoms with Crippen LogP contribution < -0.4 is 4.74 Å². The predicted octanol–water partition coefficient (Wildman–Crippen LogP) is -1.04. The average molecular weight is 484 g/mol. The highest BCUT2D eigenvalue weighted by Crippen LogP contribution is 2.39. The summed E-state index contributed by atoms with van der Waals surface area (Å²) in [5.41, 5.74) is -0.862. The summed E-state index contributed by atoms with van der Waals surface area (Å²) >= 11 is 0. The van der Waals surface area contributed by atoms with Crippen molar-refractivity contribution in [2.75, 3.05) is 6.61 Å². The summed E-state index contributed by atoms with van der Waals surface area (Å²) in [5, 5.41) is 87.4. The van der Waals surface area contributed by atoms with Gasteiger partial charge in [-0.05, 0) is 24.3 Å². The molecule has 14 nitrogen and oxygen atoms in total. The minimum absolute atomic E-state index is 0.377. The van der Waals surface area contributed by atoms with E-state index in [0.29, 0.717) is 0 Å². The number of phenolic OH excluding ortho intramolecular Hbond substituents is 5. The van der Waals surface area contributed by atoms with Crippen LogP contribution in [0, 0.1) is 0 Å². The number of ether oxygens (including phenoxy) is 3. The van der Waals surface area contributed by atoms with Crippen LogP contribution in [-0.4, -0.2) is 95.2 Å². The van der Waals surface area contributed by atoms with E-state index in [1.165, 1.54) is 0 Å². The second-order valence-electron chi connectivity index (χ2n) is 7.24. The number of aliphatic hydroxyl groups is 3. The molecule has 0 amide bonds. The molecule has 0 bridgehead atoms. The Hall–Kier alpha value is -3.98. The van der Waals surface area contributed by atoms with Gasteiger partial charge in [-0.3, -0.25) is 0 Å². The van der Waals surface area contributed by atoms with Crippen LogP contribution >= 0.6 is 0 Å². The Kier molecular flexibility index (Phi) is 6.88. The lowest BCUT2D eigenvalue weighted by Gasteiger charge is -2.39. The number of carboxylic acids is 1. The van der Waals surface area contributed by atoms with E-state index in [0.717, 1.165) is 24.3 Å². The van der Waals surface area contributed by atoms with Gasteiger partial charge in [0.1, 0.15) is 31.0 Å². The maximum atomic E-state index is 12.2. The molecule has 1 aliphatic rings. The smallest absolute Gasteiger partial charge is 0.338 e. The largest absolute Gasteiger partial charge is 0.504 e. The van der Waals surface area contributed by atoms with Crippen molar-refractivity contribution in [3.63, 3.8) is 0 Å². The first-order valence-electron chi connectivity index (χ1n) is 9.48. The quantitative estimate of drug-likeness (QED) is 0.176. The topological polar surface area (TPSA) is 244 Å². The molecule has 184 valence electrons. The molecule has 1 aliphatic heterocycles. The van der Waals surface area contributed by atoms with Gasteiger partial charge in [0, 0.05) is 0 Å². The second-order valence-corrected chi connectivity index (χ2v) is 7.24. The van der Waals surface area contributed by atoms with Crippen LogP contribution in [0.5, 0.6) is 34.5 Å². The van der Waals surface area contributed by atoms with Crippen LogP contribution in [0.2, 0.25) is 0 Å². The summed E-state index contributed by atoms with van der Waals surface area (Å²) in [6, 6.07) is 3.14. The van der Waals surface area contributed by atoms with Gasteiger partial charge in [-0.1, -0.05) is 0 Å². The third kappa shape index (κ3) is 4.84. The molecule has 1 fully saturated rings. The number of benzene rings is 2. The van der Waals surface area contributed by atoms with E-state index in [1.807, 2.05) is 0 Å². The first-order valence-corrected chi connectivity index (χ1v) is 9.48. The fourth-order valence-electron chi connectivity index (χ4n) is 3.05. The fraction of sp³-hybridized carbons (Fsp3) is 0.300. The van der Waals surface area contributed by atoms with Crippen LogP contribution in [0.1, 0.15) is 20.7 Å².